The number of aromatic nitrogens is 1. The van der Waals surface area contributed by atoms with Gasteiger partial charge in [0.25, 0.3) is 0 Å². The van der Waals surface area contributed by atoms with E-state index in [9.17, 15) is 0 Å². The van der Waals surface area contributed by atoms with E-state index in [4.69, 9.17) is 11.6 Å². The molecular formula is C17H18Cl2N2S. The van der Waals surface area contributed by atoms with Crippen LogP contribution in [0.3, 0.4) is 0 Å². The third-order valence-corrected chi connectivity index (χ3v) is 4.50. The zero-order chi connectivity index (χ0) is 14.8. The van der Waals surface area contributed by atoms with Gasteiger partial charge in [0.1, 0.15) is 0 Å². The van der Waals surface area contributed by atoms with Crippen LogP contribution in [0.2, 0.25) is 5.02 Å². The van der Waals surface area contributed by atoms with Crippen LogP contribution in [0.4, 0.5) is 11.4 Å². The highest BCUT2D eigenvalue weighted by molar-refractivity contribution is 7.17. The van der Waals surface area contributed by atoms with Crippen molar-refractivity contribution >= 4 is 56.8 Å². The molecule has 2 heterocycles. The zero-order valence-electron chi connectivity index (χ0n) is 12.5. The van der Waals surface area contributed by atoms with E-state index in [0.717, 1.165) is 11.6 Å². The number of halogens is 2. The molecule has 0 aliphatic rings. The number of anilines is 2. The summed E-state index contributed by atoms with van der Waals surface area (Å²) in [7, 11) is 0. The predicted molar refractivity (Wildman–Crippen MR) is 100 cm³/mol. The lowest BCUT2D eigenvalue weighted by Gasteiger charge is -2.26. The third kappa shape index (κ3) is 3.54. The predicted octanol–water partition coefficient (Wildman–Crippen LogP) is 6.17. The third-order valence-electron chi connectivity index (χ3n) is 3.33. The van der Waals surface area contributed by atoms with Crippen molar-refractivity contribution in [2.75, 3.05) is 11.4 Å². The number of fused-ring (bicyclic) bond motifs is 1. The molecule has 0 N–H and O–H groups in total. The molecule has 0 aliphatic heterocycles. The SMILES string of the molecule is CC(C)CN(c1ccncc1)c1csc2cc(Cl)ccc12.Cl. The number of hydrogen-bond acceptors (Lipinski definition) is 3. The molecule has 0 saturated heterocycles. The molecule has 1 aromatic carbocycles. The van der Waals surface area contributed by atoms with Crippen molar-refractivity contribution in [3.8, 4) is 0 Å². The molecule has 3 rings (SSSR count). The molecule has 0 unspecified atom stereocenters. The van der Waals surface area contributed by atoms with Gasteiger partial charge >= 0.3 is 0 Å². The van der Waals surface area contributed by atoms with Crippen LogP contribution in [0, 0.1) is 5.92 Å². The molecule has 2 aromatic heterocycles. The van der Waals surface area contributed by atoms with Gasteiger partial charge in [0, 0.05) is 45.1 Å². The number of benzene rings is 1. The van der Waals surface area contributed by atoms with Crippen LogP contribution in [0.1, 0.15) is 13.8 Å². The summed E-state index contributed by atoms with van der Waals surface area (Å²) in [6, 6.07) is 10.2. The average molecular weight is 353 g/mol. The summed E-state index contributed by atoms with van der Waals surface area (Å²) >= 11 is 7.83. The van der Waals surface area contributed by atoms with Gasteiger partial charge in [-0.1, -0.05) is 25.4 Å². The van der Waals surface area contributed by atoms with Gasteiger partial charge in [-0.25, -0.2) is 0 Å². The maximum absolute atomic E-state index is 6.09. The molecule has 0 radical (unpaired) electrons. The van der Waals surface area contributed by atoms with Crippen molar-refractivity contribution < 1.29 is 0 Å². The largest absolute Gasteiger partial charge is 0.340 e. The summed E-state index contributed by atoms with van der Waals surface area (Å²) in [5.41, 5.74) is 2.42. The van der Waals surface area contributed by atoms with Crippen molar-refractivity contribution in [1.82, 2.24) is 4.98 Å². The maximum atomic E-state index is 6.09. The van der Waals surface area contributed by atoms with E-state index in [1.54, 1.807) is 11.3 Å². The Balaban J connectivity index is 0.00000176. The highest BCUT2D eigenvalue weighted by atomic mass is 35.5. The Bertz CT molecular complexity index is 741. The van der Waals surface area contributed by atoms with Crippen molar-refractivity contribution in [2.45, 2.75) is 13.8 Å². The van der Waals surface area contributed by atoms with Crippen molar-refractivity contribution in [3.05, 3.63) is 53.1 Å². The summed E-state index contributed by atoms with van der Waals surface area (Å²) in [6.07, 6.45) is 3.68. The van der Waals surface area contributed by atoms with E-state index in [1.165, 1.54) is 21.5 Å². The molecule has 0 bridgehead atoms. The molecule has 0 atom stereocenters. The van der Waals surface area contributed by atoms with Gasteiger partial charge in [0.15, 0.2) is 0 Å². The highest BCUT2D eigenvalue weighted by Crippen LogP contribution is 2.38. The van der Waals surface area contributed by atoms with Crippen molar-refractivity contribution in [3.63, 3.8) is 0 Å². The Morgan fingerprint density at radius 3 is 2.59 bits per heavy atom. The smallest absolute Gasteiger partial charge is 0.0599 e. The van der Waals surface area contributed by atoms with Crippen LogP contribution in [0.5, 0.6) is 0 Å². The minimum Gasteiger partial charge on any atom is -0.340 e. The maximum Gasteiger partial charge on any atom is 0.0599 e. The quantitative estimate of drug-likeness (QED) is 0.558. The van der Waals surface area contributed by atoms with Gasteiger partial charge in [-0.2, -0.15) is 0 Å². The van der Waals surface area contributed by atoms with Crippen LogP contribution in [-0.2, 0) is 0 Å². The number of thiophene rings is 1. The fraction of sp³-hybridized carbons (Fsp3) is 0.235. The van der Waals surface area contributed by atoms with E-state index < -0.39 is 0 Å². The van der Waals surface area contributed by atoms with Gasteiger partial charge < -0.3 is 4.90 Å². The summed E-state index contributed by atoms with van der Waals surface area (Å²) in [5, 5.41) is 4.25. The molecular weight excluding hydrogens is 335 g/mol. The Morgan fingerprint density at radius 2 is 1.91 bits per heavy atom. The molecule has 0 fully saturated rings. The minimum atomic E-state index is 0. The molecule has 0 aliphatic carbocycles. The number of nitrogens with zero attached hydrogens (tertiary/aromatic N) is 2. The van der Waals surface area contributed by atoms with E-state index >= 15 is 0 Å². The summed E-state index contributed by atoms with van der Waals surface area (Å²) < 4.78 is 1.22. The van der Waals surface area contributed by atoms with Crippen molar-refractivity contribution in [2.24, 2.45) is 5.92 Å². The normalized spacial score (nSPS) is 10.7. The fourth-order valence-corrected chi connectivity index (χ4v) is 3.65. The van der Waals surface area contributed by atoms with Crippen LogP contribution in [0.15, 0.2) is 48.1 Å². The van der Waals surface area contributed by atoms with Crippen LogP contribution < -0.4 is 4.90 Å². The molecule has 0 saturated carbocycles. The Hall–Kier alpha value is -1.29. The first kappa shape index (κ1) is 17.1. The van der Waals surface area contributed by atoms with Gasteiger partial charge in [-0.3, -0.25) is 4.98 Å². The van der Waals surface area contributed by atoms with Gasteiger partial charge in [-0.05, 0) is 36.2 Å². The topological polar surface area (TPSA) is 16.1 Å². The van der Waals surface area contributed by atoms with Gasteiger partial charge in [0.2, 0.25) is 0 Å². The van der Waals surface area contributed by atoms with Crippen molar-refractivity contribution in [1.29, 1.82) is 0 Å². The summed E-state index contributed by atoms with van der Waals surface area (Å²) in [5.74, 6) is 0.570. The Labute approximate surface area is 146 Å². The molecule has 22 heavy (non-hydrogen) atoms. The zero-order valence-corrected chi connectivity index (χ0v) is 14.9. The fourth-order valence-electron chi connectivity index (χ4n) is 2.43. The minimum absolute atomic E-state index is 0. The lowest BCUT2D eigenvalue weighted by molar-refractivity contribution is 0.652. The lowest BCUT2D eigenvalue weighted by atomic mass is 10.1. The first-order chi connectivity index (χ1) is 10.1. The van der Waals surface area contributed by atoms with Gasteiger partial charge in [0.05, 0.1) is 5.69 Å². The lowest BCUT2D eigenvalue weighted by Crippen LogP contribution is -2.22. The second-order valence-corrected chi connectivity index (χ2v) is 6.82. The second-order valence-electron chi connectivity index (χ2n) is 5.47. The molecule has 116 valence electrons. The van der Waals surface area contributed by atoms with Gasteiger partial charge in [-0.15, -0.1) is 23.7 Å². The Kier molecular flexibility index (Phi) is 5.68. The monoisotopic (exact) mass is 352 g/mol. The number of hydrogen-bond donors (Lipinski definition) is 0. The number of pyridine rings is 1. The first-order valence-corrected chi connectivity index (χ1v) is 8.25. The average Bonchev–Trinajstić information content (AvgIpc) is 2.88. The highest BCUT2D eigenvalue weighted by Gasteiger charge is 2.15. The molecule has 2 nitrogen and oxygen atoms in total. The van der Waals surface area contributed by atoms with E-state index in [0.29, 0.717) is 5.92 Å². The molecule has 5 heteroatoms. The van der Waals surface area contributed by atoms with Crippen LogP contribution >= 0.6 is 35.3 Å². The first-order valence-electron chi connectivity index (χ1n) is 6.99. The van der Waals surface area contributed by atoms with Crippen LogP contribution in [0.25, 0.3) is 10.1 Å². The van der Waals surface area contributed by atoms with E-state index in [2.05, 4.69) is 47.3 Å². The molecule has 0 amide bonds. The van der Waals surface area contributed by atoms with E-state index in [1.807, 2.05) is 24.5 Å². The summed E-state index contributed by atoms with van der Waals surface area (Å²) in [6.45, 7) is 5.44. The number of rotatable bonds is 4. The Morgan fingerprint density at radius 1 is 1.18 bits per heavy atom. The standard InChI is InChI=1S/C17H17ClN2S.ClH/c1-12(2)10-20(14-5-7-19-8-6-14)16-11-21-17-9-13(18)3-4-15(16)17;/h3-9,11-12H,10H2,1-2H3;1H. The van der Waals surface area contributed by atoms with E-state index in [-0.39, 0.29) is 12.4 Å². The second kappa shape index (κ2) is 7.32. The van der Waals surface area contributed by atoms with Crippen LogP contribution in [-0.4, -0.2) is 11.5 Å². The molecule has 3 aromatic rings. The summed E-state index contributed by atoms with van der Waals surface area (Å²) in [4.78, 5) is 6.48. The molecule has 0 spiro atoms.